The van der Waals surface area contributed by atoms with Gasteiger partial charge in [-0.3, -0.25) is 0 Å². The molecule has 0 saturated carbocycles. The zero-order valence-electron chi connectivity index (χ0n) is 14.5. The molecule has 0 atom stereocenters. The third-order valence-corrected chi connectivity index (χ3v) is 3.86. The summed E-state index contributed by atoms with van der Waals surface area (Å²) < 4.78 is 7.46. The van der Waals surface area contributed by atoms with Crippen molar-refractivity contribution in [2.24, 2.45) is 0 Å². The Bertz CT molecular complexity index is 949. The van der Waals surface area contributed by atoms with Crippen molar-refractivity contribution in [3.05, 3.63) is 82.9 Å². The fraction of sp³-hybridized carbons (Fsp3) is 0.158. The third-order valence-electron chi connectivity index (χ3n) is 3.86. The Labute approximate surface area is 150 Å². The van der Waals surface area contributed by atoms with Crippen LogP contribution < -0.4 is 4.73 Å². The average Bonchev–Trinajstić information content (AvgIpc) is 2.94. The van der Waals surface area contributed by atoms with Gasteiger partial charge in [-0.1, -0.05) is 18.2 Å². The van der Waals surface area contributed by atoms with E-state index in [1.165, 1.54) is 24.5 Å². The smallest absolute Gasteiger partial charge is 0.339 e. The zero-order valence-corrected chi connectivity index (χ0v) is 14.5. The maximum Gasteiger partial charge on any atom is 0.339 e. The van der Waals surface area contributed by atoms with Crippen molar-refractivity contribution in [2.75, 3.05) is 0 Å². The molecule has 7 heteroatoms. The van der Waals surface area contributed by atoms with Gasteiger partial charge in [0.15, 0.2) is 6.61 Å². The number of aryl methyl sites for hydroxylation is 1. The number of nitrogens with zero attached hydrogens (tertiary/aromatic N) is 4. The largest absolute Gasteiger partial charge is 0.711 e. The highest BCUT2D eigenvalue weighted by Crippen LogP contribution is 2.19. The van der Waals surface area contributed by atoms with E-state index in [0.717, 1.165) is 22.6 Å². The second-order valence-corrected chi connectivity index (χ2v) is 5.63. The highest BCUT2D eigenvalue weighted by molar-refractivity contribution is 5.87. The number of para-hydroxylation sites is 1. The highest BCUT2D eigenvalue weighted by Gasteiger charge is 2.12. The lowest BCUT2D eigenvalue weighted by Crippen LogP contribution is -2.33. The predicted octanol–water partition coefficient (Wildman–Crippen LogP) is 2.27. The van der Waals surface area contributed by atoms with E-state index in [1.807, 2.05) is 48.9 Å². The lowest BCUT2D eigenvalue weighted by Gasteiger charge is -2.04. The van der Waals surface area contributed by atoms with Crippen molar-refractivity contribution in [2.45, 2.75) is 20.5 Å². The monoisotopic (exact) mass is 350 g/mol. The van der Waals surface area contributed by atoms with Crippen LogP contribution in [0.1, 0.15) is 22.8 Å². The molecule has 0 radical (unpaired) electrons. The van der Waals surface area contributed by atoms with Crippen molar-refractivity contribution >= 4 is 12.0 Å². The van der Waals surface area contributed by atoms with Gasteiger partial charge in [-0.05, 0) is 37.0 Å². The minimum atomic E-state index is -0.554. The quantitative estimate of drug-likeness (QED) is 0.305. The Morgan fingerprint density at radius 1 is 1.27 bits per heavy atom. The summed E-state index contributed by atoms with van der Waals surface area (Å²) in [5.74, 6) is -0.430. The topological polar surface area (TPSA) is 84.0 Å². The fourth-order valence-corrected chi connectivity index (χ4v) is 2.54. The van der Waals surface area contributed by atoms with Crippen molar-refractivity contribution in [1.29, 1.82) is 0 Å². The molecule has 1 aromatic carbocycles. The highest BCUT2D eigenvalue weighted by atomic mass is 16.5. The summed E-state index contributed by atoms with van der Waals surface area (Å²) in [7, 11) is 0. The number of ether oxygens (including phenoxy) is 1. The summed E-state index contributed by atoms with van der Waals surface area (Å²) in [5, 5.41) is 16.0. The van der Waals surface area contributed by atoms with Crippen LogP contribution in [0.15, 0.2) is 54.9 Å². The van der Waals surface area contributed by atoms with Gasteiger partial charge < -0.3 is 9.94 Å². The summed E-state index contributed by atoms with van der Waals surface area (Å²) in [6.45, 7) is 3.63. The molecule has 0 spiro atoms. The molecule has 0 bridgehead atoms. The number of hydrogen-bond acceptors (Lipinski definition) is 5. The van der Waals surface area contributed by atoms with Crippen LogP contribution in [0.4, 0.5) is 0 Å². The van der Waals surface area contributed by atoms with Gasteiger partial charge in [0.2, 0.25) is 0 Å². The van der Waals surface area contributed by atoms with E-state index in [1.54, 1.807) is 6.08 Å². The van der Waals surface area contributed by atoms with Crippen LogP contribution in [-0.4, -0.2) is 20.7 Å². The van der Waals surface area contributed by atoms with Gasteiger partial charge in [-0.25, -0.2) is 14.2 Å². The van der Waals surface area contributed by atoms with Crippen LogP contribution in [0.25, 0.3) is 11.8 Å². The van der Waals surface area contributed by atoms with E-state index in [9.17, 15) is 10.0 Å². The number of carbonyl (C=O) groups excluding carboxylic acids is 1. The molecule has 132 valence electrons. The van der Waals surface area contributed by atoms with Crippen LogP contribution in [0.3, 0.4) is 0 Å². The molecular weight excluding hydrogens is 332 g/mol. The average molecular weight is 350 g/mol. The molecule has 3 rings (SSSR count). The maximum absolute atomic E-state index is 11.9. The van der Waals surface area contributed by atoms with Crippen LogP contribution in [-0.2, 0) is 16.1 Å². The van der Waals surface area contributed by atoms with Gasteiger partial charge in [0, 0.05) is 23.4 Å². The van der Waals surface area contributed by atoms with Crippen molar-refractivity contribution in [3.8, 4) is 5.69 Å². The summed E-state index contributed by atoms with van der Waals surface area (Å²) in [4.78, 5) is 15.8. The second-order valence-electron chi connectivity index (χ2n) is 5.63. The van der Waals surface area contributed by atoms with Crippen LogP contribution >= 0.6 is 0 Å². The molecule has 0 N–H and O–H groups in total. The Morgan fingerprint density at radius 2 is 2.04 bits per heavy atom. The summed E-state index contributed by atoms with van der Waals surface area (Å²) in [6.07, 6.45) is 5.77. The molecule has 0 amide bonds. The van der Waals surface area contributed by atoms with Gasteiger partial charge in [-0.2, -0.15) is 5.10 Å². The van der Waals surface area contributed by atoms with Gasteiger partial charge >= 0.3 is 11.8 Å². The minimum Gasteiger partial charge on any atom is -0.711 e. The van der Waals surface area contributed by atoms with Crippen LogP contribution in [0, 0.1) is 19.1 Å². The first-order valence-electron chi connectivity index (χ1n) is 8.06. The predicted molar refractivity (Wildman–Crippen MR) is 95.1 cm³/mol. The van der Waals surface area contributed by atoms with Crippen molar-refractivity contribution in [1.82, 2.24) is 14.8 Å². The van der Waals surface area contributed by atoms with E-state index < -0.39 is 5.97 Å². The van der Waals surface area contributed by atoms with Gasteiger partial charge in [0.1, 0.15) is 6.20 Å². The van der Waals surface area contributed by atoms with E-state index in [2.05, 4.69) is 10.1 Å². The molecule has 2 aromatic heterocycles. The van der Waals surface area contributed by atoms with E-state index in [0.29, 0.717) is 4.73 Å². The van der Waals surface area contributed by atoms with Gasteiger partial charge in [0.05, 0.1) is 17.6 Å². The molecule has 0 aliphatic carbocycles. The lowest BCUT2D eigenvalue weighted by molar-refractivity contribution is -0.620. The molecule has 0 aliphatic heterocycles. The number of hydrogen-bond donors (Lipinski definition) is 0. The van der Waals surface area contributed by atoms with Crippen LogP contribution in [0.5, 0.6) is 0 Å². The number of benzene rings is 1. The Morgan fingerprint density at radius 3 is 2.77 bits per heavy atom. The third kappa shape index (κ3) is 3.77. The first kappa shape index (κ1) is 17.3. The second kappa shape index (κ2) is 7.60. The van der Waals surface area contributed by atoms with E-state index >= 15 is 0 Å². The normalized spacial score (nSPS) is 11.0. The SMILES string of the molecule is Cc1nn(-c2ccccc2)c(C)c1C=CC(=O)OCc1nccc[n+]1[O-]. The molecule has 3 aromatic rings. The number of rotatable bonds is 5. The zero-order chi connectivity index (χ0) is 18.5. The number of aromatic nitrogens is 4. The molecule has 0 fully saturated rings. The molecule has 0 unspecified atom stereocenters. The van der Waals surface area contributed by atoms with Crippen molar-refractivity contribution < 1.29 is 14.3 Å². The first-order chi connectivity index (χ1) is 12.6. The van der Waals surface area contributed by atoms with E-state index in [-0.39, 0.29) is 12.4 Å². The molecule has 26 heavy (non-hydrogen) atoms. The number of carbonyl (C=O) groups is 1. The van der Waals surface area contributed by atoms with E-state index in [4.69, 9.17) is 4.74 Å². The Hall–Kier alpha value is -3.48. The summed E-state index contributed by atoms with van der Waals surface area (Å²) in [5.41, 5.74) is 3.52. The van der Waals surface area contributed by atoms with Crippen LogP contribution in [0.2, 0.25) is 0 Å². The van der Waals surface area contributed by atoms with Crippen molar-refractivity contribution in [3.63, 3.8) is 0 Å². The Balaban J connectivity index is 1.71. The summed E-state index contributed by atoms with van der Waals surface area (Å²) in [6, 6.07) is 11.3. The van der Waals surface area contributed by atoms with Gasteiger partial charge in [-0.15, -0.1) is 0 Å². The molecule has 7 nitrogen and oxygen atoms in total. The summed E-state index contributed by atoms with van der Waals surface area (Å²) >= 11 is 0. The molecule has 0 aliphatic rings. The molecule has 0 saturated heterocycles. The Kier molecular flexibility index (Phi) is 5.07. The maximum atomic E-state index is 11.9. The van der Waals surface area contributed by atoms with Gasteiger partial charge in [0.25, 0.3) is 0 Å². The number of esters is 1. The standard InChI is InChI=1S/C19H18N4O3/c1-14-17(15(2)23(21-14)16-7-4-3-5-8-16)9-10-19(24)26-13-18-20-11-6-12-22(18)25/h3-12H,13H2,1-2H3. The first-order valence-corrected chi connectivity index (χ1v) is 8.06. The molecule has 2 heterocycles. The molecular formula is C19H18N4O3. The lowest BCUT2D eigenvalue weighted by atomic mass is 10.2. The minimum absolute atomic E-state index is 0.124. The fourth-order valence-electron chi connectivity index (χ4n) is 2.54.